The van der Waals surface area contributed by atoms with Gasteiger partial charge in [-0.2, -0.15) is 0 Å². The number of pyridine rings is 1. The van der Waals surface area contributed by atoms with Gasteiger partial charge in [0.25, 0.3) is 0 Å². The maximum atomic E-state index is 6.02. The number of nitrogens with zero attached hydrogens (tertiary/aromatic N) is 2. The van der Waals surface area contributed by atoms with Gasteiger partial charge in [-0.25, -0.2) is 0 Å². The van der Waals surface area contributed by atoms with E-state index in [1.807, 2.05) is 17.5 Å². The number of fused-ring (bicyclic) bond motifs is 1. The maximum absolute atomic E-state index is 6.02. The Morgan fingerprint density at radius 2 is 2.30 bits per heavy atom. The highest BCUT2D eigenvalue weighted by Gasteiger charge is 2.25. The van der Waals surface area contributed by atoms with Gasteiger partial charge >= 0.3 is 0 Å². The Labute approximate surface area is 124 Å². The Morgan fingerprint density at radius 3 is 3.00 bits per heavy atom. The molecule has 2 aromatic rings. The van der Waals surface area contributed by atoms with Crippen molar-refractivity contribution in [3.05, 3.63) is 45.9 Å². The van der Waals surface area contributed by atoms with Crippen LogP contribution in [-0.2, 0) is 6.42 Å². The molecule has 0 spiro atoms. The predicted molar refractivity (Wildman–Crippen MR) is 85.2 cm³/mol. The van der Waals surface area contributed by atoms with Crippen LogP contribution in [0.2, 0.25) is 0 Å². The third-order valence-electron chi connectivity index (χ3n) is 4.20. The van der Waals surface area contributed by atoms with Gasteiger partial charge in [0.15, 0.2) is 0 Å². The Bertz CT molecular complexity index is 576. The zero-order valence-corrected chi connectivity index (χ0v) is 12.9. The van der Waals surface area contributed by atoms with Crippen LogP contribution in [0.15, 0.2) is 29.8 Å². The number of anilines is 1. The van der Waals surface area contributed by atoms with E-state index in [0.717, 1.165) is 25.1 Å². The molecule has 3 nitrogen and oxygen atoms in total. The van der Waals surface area contributed by atoms with Gasteiger partial charge in [0, 0.05) is 17.5 Å². The van der Waals surface area contributed by atoms with Crippen molar-refractivity contribution in [1.82, 2.24) is 4.98 Å². The van der Waals surface area contributed by atoms with Crippen molar-refractivity contribution in [1.29, 1.82) is 0 Å². The molecular weight excluding hydrogens is 266 g/mol. The second kappa shape index (κ2) is 5.54. The van der Waals surface area contributed by atoms with Gasteiger partial charge in [-0.05, 0) is 48.9 Å². The van der Waals surface area contributed by atoms with E-state index >= 15 is 0 Å². The van der Waals surface area contributed by atoms with Crippen LogP contribution >= 0.6 is 11.3 Å². The molecule has 1 unspecified atom stereocenters. The van der Waals surface area contributed by atoms with E-state index in [1.54, 1.807) is 0 Å². The summed E-state index contributed by atoms with van der Waals surface area (Å²) in [4.78, 5) is 8.51. The lowest BCUT2D eigenvalue weighted by Crippen LogP contribution is -2.33. The highest BCUT2D eigenvalue weighted by Crippen LogP contribution is 2.35. The first-order chi connectivity index (χ1) is 9.70. The summed E-state index contributed by atoms with van der Waals surface area (Å²) in [6.07, 6.45) is 4.02. The van der Waals surface area contributed by atoms with Crippen molar-refractivity contribution in [2.45, 2.75) is 38.8 Å². The molecule has 0 fully saturated rings. The van der Waals surface area contributed by atoms with E-state index in [4.69, 9.17) is 5.73 Å². The van der Waals surface area contributed by atoms with Crippen LogP contribution in [0.1, 0.15) is 48.5 Å². The summed E-state index contributed by atoms with van der Waals surface area (Å²) in [5, 5.41) is 2.20. The Morgan fingerprint density at radius 1 is 1.45 bits per heavy atom. The van der Waals surface area contributed by atoms with E-state index in [0.29, 0.717) is 6.04 Å². The number of thiophene rings is 1. The van der Waals surface area contributed by atoms with Crippen molar-refractivity contribution >= 4 is 17.0 Å². The molecule has 106 valence electrons. The Balaban J connectivity index is 1.83. The lowest BCUT2D eigenvalue weighted by Gasteiger charge is -2.35. The number of rotatable bonds is 3. The van der Waals surface area contributed by atoms with Crippen LogP contribution in [0, 0.1) is 0 Å². The smallest absolute Gasteiger partial charge is 0.0572 e. The van der Waals surface area contributed by atoms with E-state index in [-0.39, 0.29) is 6.04 Å². The molecule has 0 amide bonds. The van der Waals surface area contributed by atoms with E-state index < -0.39 is 0 Å². The molecule has 0 aliphatic carbocycles. The molecule has 2 N–H and O–H groups in total. The zero-order chi connectivity index (χ0) is 14.1. The first-order valence-electron chi connectivity index (χ1n) is 7.25. The fraction of sp³-hybridized carbons (Fsp3) is 0.438. The van der Waals surface area contributed by atoms with Crippen LogP contribution in [0.25, 0.3) is 0 Å². The van der Waals surface area contributed by atoms with Crippen LogP contribution in [0.5, 0.6) is 0 Å². The Kier molecular flexibility index (Phi) is 3.76. The third kappa shape index (κ3) is 2.34. The second-order valence-electron chi connectivity index (χ2n) is 5.37. The number of hydrogen-bond acceptors (Lipinski definition) is 4. The van der Waals surface area contributed by atoms with Gasteiger partial charge in [0.2, 0.25) is 0 Å². The van der Waals surface area contributed by atoms with Crippen molar-refractivity contribution in [3.63, 3.8) is 0 Å². The minimum Gasteiger partial charge on any atom is -0.363 e. The lowest BCUT2D eigenvalue weighted by molar-refractivity contribution is 0.629. The molecule has 3 heterocycles. The summed E-state index contributed by atoms with van der Waals surface area (Å²) in [5.41, 5.74) is 9.67. The summed E-state index contributed by atoms with van der Waals surface area (Å²) < 4.78 is 0. The standard InChI is InChI=1S/C16H21N3S/c1-3-14(17)15-5-4-12(10-18-15)19-8-6-16-13(11(19)2)7-9-20-16/h4-5,7,9-11,14H,3,6,8,17H2,1-2H3/t11?,14-/m1/s1. The molecule has 0 saturated heterocycles. The molecule has 2 atom stereocenters. The van der Waals surface area contributed by atoms with Gasteiger partial charge in [-0.1, -0.05) is 6.92 Å². The number of hydrogen-bond donors (Lipinski definition) is 1. The predicted octanol–water partition coefficient (Wildman–Crippen LogP) is 3.68. The maximum Gasteiger partial charge on any atom is 0.0572 e. The van der Waals surface area contributed by atoms with Crippen LogP contribution < -0.4 is 10.6 Å². The molecule has 1 aliphatic heterocycles. The molecule has 2 aromatic heterocycles. The molecular formula is C16H21N3S. The molecule has 0 saturated carbocycles. The third-order valence-corrected chi connectivity index (χ3v) is 5.20. The van der Waals surface area contributed by atoms with Crippen molar-refractivity contribution in [3.8, 4) is 0 Å². The number of nitrogens with two attached hydrogens (primary N) is 1. The first-order valence-corrected chi connectivity index (χ1v) is 8.13. The minimum absolute atomic E-state index is 0.0475. The van der Waals surface area contributed by atoms with Gasteiger partial charge in [0.05, 0.1) is 23.6 Å². The molecule has 0 bridgehead atoms. The fourth-order valence-corrected chi connectivity index (χ4v) is 3.82. The van der Waals surface area contributed by atoms with E-state index in [2.05, 4.69) is 47.3 Å². The molecule has 0 aromatic carbocycles. The highest BCUT2D eigenvalue weighted by molar-refractivity contribution is 7.10. The quantitative estimate of drug-likeness (QED) is 0.936. The summed E-state index contributed by atoms with van der Waals surface area (Å²) in [5.74, 6) is 0. The van der Waals surface area contributed by atoms with Gasteiger partial charge in [-0.15, -0.1) is 11.3 Å². The zero-order valence-electron chi connectivity index (χ0n) is 12.0. The average Bonchev–Trinajstić information content (AvgIpc) is 2.96. The Hall–Kier alpha value is -1.39. The monoisotopic (exact) mass is 287 g/mol. The first kappa shape index (κ1) is 13.6. The molecule has 4 heteroatoms. The minimum atomic E-state index is 0.0475. The van der Waals surface area contributed by atoms with E-state index in [9.17, 15) is 0 Å². The number of aromatic nitrogens is 1. The summed E-state index contributed by atoms with van der Waals surface area (Å²) in [7, 11) is 0. The molecule has 20 heavy (non-hydrogen) atoms. The molecule has 1 aliphatic rings. The largest absolute Gasteiger partial charge is 0.363 e. The van der Waals surface area contributed by atoms with Crippen molar-refractivity contribution in [2.75, 3.05) is 11.4 Å². The van der Waals surface area contributed by atoms with Crippen LogP contribution in [0.4, 0.5) is 5.69 Å². The molecule has 3 rings (SSSR count). The van der Waals surface area contributed by atoms with Gasteiger partial charge in [-0.3, -0.25) is 4.98 Å². The fourth-order valence-electron chi connectivity index (χ4n) is 2.86. The van der Waals surface area contributed by atoms with Crippen LogP contribution in [0.3, 0.4) is 0 Å². The highest BCUT2D eigenvalue weighted by atomic mass is 32.1. The summed E-state index contributed by atoms with van der Waals surface area (Å²) in [6.45, 7) is 5.43. The SMILES string of the molecule is CC[C@@H](N)c1ccc(N2CCc3sccc3C2C)cn1. The van der Waals surface area contributed by atoms with Crippen molar-refractivity contribution in [2.24, 2.45) is 5.73 Å². The summed E-state index contributed by atoms with van der Waals surface area (Å²) >= 11 is 1.88. The van der Waals surface area contributed by atoms with E-state index in [1.165, 1.54) is 16.1 Å². The summed E-state index contributed by atoms with van der Waals surface area (Å²) in [6, 6.07) is 6.96. The van der Waals surface area contributed by atoms with Gasteiger partial charge < -0.3 is 10.6 Å². The average molecular weight is 287 g/mol. The normalized spacial score (nSPS) is 19.8. The van der Waals surface area contributed by atoms with Crippen molar-refractivity contribution < 1.29 is 0 Å². The lowest BCUT2D eigenvalue weighted by atomic mass is 10.0. The molecule has 0 radical (unpaired) electrons. The second-order valence-corrected chi connectivity index (χ2v) is 6.38. The van der Waals surface area contributed by atoms with Crippen LogP contribution in [-0.4, -0.2) is 11.5 Å². The van der Waals surface area contributed by atoms with Gasteiger partial charge in [0.1, 0.15) is 0 Å². The topological polar surface area (TPSA) is 42.1 Å².